The molecule has 0 radical (unpaired) electrons. The second kappa shape index (κ2) is 12.6. The standard InChI is InChI=1S/C25H30Cl2IN3O4/c1-16(11-26)14-35-23-9-6-18(10-21(23)27)25(2,3)17-4-7-20(8-5-17)34-15-19(33)12-31-22(13-32)24(28)29-30-31/h4-10,16,19,32-33H,11-15H2,1-3H3/t16-,19-/m0/s1. The maximum absolute atomic E-state index is 10.3. The Hall–Kier alpha value is -1.59. The van der Waals surface area contributed by atoms with Crippen LogP contribution in [0.25, 0.3) is 0 Å². The molecule has 3 rings (SSSR count). The highest BCUT2D eigenvalue weighted by Gasteiger charge is 2.24. The lowest BCUT2D eigenvalue weighted by molar-refractivity contribution is 0.0866. The van der Waals surface area contributed by atoms with Crippen LogP contribution in [0.3, 0.4) is 0 Å². The van der Waals surface area contributed by atoms with Crippen LogP contribution in [-0.4, -0.2) is 50.4 Å². The van der Waals surface area contributed by atoms with Crippen molar-refractivity contribution in [1.29, 1.82) is 0 Å². The van der Waals surface area contributed by atoms with E-state index < -0.39 is 6.10 Å². The van der Waals surface area contributed by atoms with Crippen molar-refractivity contribution in [3.63, 3.8) is 0 Å². The van der Waals surface area contributed by atoms with Crippen LogP contribution in [-0.2, 0) is 18.6 Å². The topological polar surface area (TPSA) is 89.6 Å². The second-order valence-electron chi connectivity index (χ2n) is 9.00. The summed E-state index contributed by atoms with van der Waals surface area (Å²) in [5.41, 5.74) is 2.43. The van der Waals surface area contributed by atoms with Crippen LogP contribution in [0.2, 0.25) is 5.02 Å². The van der Waals surface area contributed by atoms with Gasteiger partial charge in [0.25, 0.3) is 0 Å². The van der Waals surface area contributed by atoms with Gasteiger partial charge in [-0.15, -0.1) is 16.7 Å². The van der Waals surface area contributed by atoms with Gasteiger partial charge in [0.15, 0.2) is 0 Å². The van der Waals surface area contributed by atoms with Gasteiger partial charge in [-0.3, -0.25) is 0 Å². The van der Waals surface area contributed by atoms with Crippen LogP contribution in [0, 0.1) is 9.62 Å². The number of nitrogens with zero attached hydrogens (tertiary/aromatic N) is 3. The van der Waals surface area contributed by atoms with Gasteiger partial charge in [-0.25, -0.2) is 4.68 Å². The van der Waals surface area contributed by atoms with Crippen LogP contribution in [0.1, 0.15) is 37.6 Å². The molecule has 3 aromatic rings. The quantitative estimate of drug-likeness (QED) is 0.214. The first-order chi connectivity index (χ1) is 16.6. The summed E-state index contributed by atoms with van der Waals surface area (Å²) in [5.74, 6) is 2.08. The summed E-state index contributed by atoms with van der Waals surface area (Å²) in [4.78, 5) is 0. The third kappa shape index (κ3) is 7.22. The van der Waals surface area contributed by atoms with Crippen molar-refractivity contribution >= 4 is 45.8 Å². The monoisotopic (exact) mass is 633 g/mol. The Morgan fingerprint density at radius 2 is 1.77 bits per heavy atom. The Morgan fingerprint density at radius 1 is 1.09 bits per heavy atom. The van der Waals surface area contributed by atoms with Crippen molar-refractivity contribution in [1.82, 2.24) is 15.0 Å². The lowest BCUT2D eigenvalue weighted by Crippen LogP contribution is -2.25. The zero-order valence-electron chi connectivity index (χ0n) is 19.9. The molecule has 2 aromatic carbocycles. The molecule has 0 aliphatic heterocycles. The smallest absolute Gasteiger partial charge is 0.149 e. The highest BCUT2D eigenvalue weighted by atomic mass is 127. The second-order valence-corrected chi connectivity index (χ2v) is 10.7. The molecule has 0 aliphatic carbocycles. The lowest BCUT2D eigenvalue weighted by Gasteiger charge is -2.27. The highest BCUT2D eigenvalue weighted by molar-refractivity contribution is 14.1. The van der Waals surface area contributed by atoms with Gasteiger partial charge in [0.2, 0.25) is 0 Å². The highest BCUT2D eigenvalue weighted by Crippen LogP contribution is 2.36. The number of hydrogen-bond donors (Lipinski definition) is 2. The number of aromatic nitrogens is 3. The average Bonchev–Trinajstić information content (AvgIpc) is 3.20. The van der Waals surface area contributed by atoms with E-state index in [-0.39, 0.29) is 31.1 Å². The first-order valence-electron chi connectivity index (χ1n) is 11.2. The Kier molecular flexibility index (Phi) is 10.1. The van der Waals surface area contributed by atoms with Crippen LogP contribution in [0.15, 0.2) is 42.5 Å². The van der Waals surface area contributed by atoms with Gasteiger partial charge >= 0.3 is 0 Å². The van der Waals surface area contributed by atoms with Gasteiger partial charge in [-0.05, 0) is 58.0 Å². The molecular weight excluding hydrogens is 604 g/mol. The summed E-state index contributed by atoms with van der Waals surface area (Å²) in [6.07, 6.45) is -0.802. The van der Waals surface area contributed by atoms with Gasteiger partial charge in [0, 0.05) is 17.2 Å². The summed E-state index contributed by atoms with van der Waals surface area (Å²) in [6, 6.07) is 13.6. The van der Waals surface area contributed by atoms with Crippen molar-refractivity contribution in [3.8, 4) is 11.5 Å². The van der Waals surface area contributed by atoms with E-state index in [9.17, 15) is 10.2 Å². The van der Waals surface area contributed by atoms with Crippen molar-refractivity contribution in [3.05, 3.63) is 68.0 Å². The Labute approximate surface area is 229 Å². The predicted molar refractivity (Wildman–Crippen MR) is 146 cm³/mol. The molecule has 7 nitrogen and oxygen atoms in total. The molecule has 0 saturated heterocycles. The number of aliphatic hydroxyl groups excluding tert-OH is 2. The molecule has 0 unspecified atom stereocenters. The van der Waals surface area contributed by atoms with Crippen molar-refractivity contribution in [2.75, 3.05) is 19.1 Å². The maximum Gasteiger partial charge on any atom is 0.149 e. The van der Waals surface area contributed by atoms with Gasteiger partial charge in [-0.1, -0.05) is 55.8 Å². The minimum Gasteiger partial charge on any atom is -0.492 e. The third-order valence-corrected chi connectivity index (χ3v) is 7.44. The third-order valence-electron chi connectivity index (χ3n) is 5.78. The van der Waals surface area contributed by atoms with Gasteiger partial charge in [0.05, 0.1) is 30.5 Å². The molecule has 2 N–H and O–H groups in total. The number of alkyl halides is 1. The molecule has 0 aliphatic rings. The van der Waals surface area contributed by atoms with E-state index in [1.807, 2.05) is 72.0 Å². The van der Waals surface area contributed by atoms with Crippen molar-refractivity contribution in [2.24, 2.45) is 5.92 Å². The molecule has 0 amide bonds. The van der Waals surface area contributed by atoms with Gasteiger partial charge in [0.1, 0.15) is 27.9 Å². The van der Waals surface area contributed by atoms with Crippen LogP contribution < -0.4 is 9.47 Å². The normalized spacial score (nSPS) is 13.5. The average molecular weight is 634 g/mol. The molecule has 0 fully saturated rings. The summed E-state index contributed by atoms with van der Waals surface area (Å²) < 4.78 is 13.7. The molecule has 1 heterocycles. The van der Waals surface area contributed by atoms with Gasteiger partial charge < -0.3 is 19.7 Å². The van der Waals surface area contributed by atoms with Crippen LogP contribution >= 0.6 is 45.8 Å². The number of halogens is 3. The van der Waals surface area contributed by atoms with E-state index in [1.165, 1.54) is 4.68 Å². The fraction of sp³-hybridized carbons (Fsp3) is 0.440. The molecular formula is C25H30Cl2IN3O4. The maximum atomic E-state index is 10.3. The summed E-state index contributed by atoms with van der Waals surface area (Å²) in [5, 5.41) is 28.2. The van der Waals surface area contributed by atoms with E-state index in [0.717, 1.165) is 11.1 Å². The van der Waals surface area contributed by atoms with Crippen molar-refractivity contribution in [2.45, 2.75) is 45.4 Å². The molecule has 0 spiro atoms. The summed E-state index contributed by atoms with van der Waals surface area (Å²) >= 11 is 14.3. The van der Waals surface area contributed by atoms with E-state index in [1.54, 1.807) is 0 Å². The minimum absolute atomic E-state index is 0.0868. The first-order valence-corrected chi connectivity index (χ1v) is 13.2. The van der Waals surface area contributed by atoms with E-state index in [0.29, 0.717) is 38.4 Å². The zero-order valence-corrected chi connectivity index (χ0v) is 23.6. The minimum atomic E-state index is -0.802. The number of ether oxygens (including phenoxy) is 2. The number of rotatable bonds is 12. The van der Waals surface area contributed by atoms with Crippen LogP contribution in [0.4, 0.5) is 0 Å². The zero-order chi connectivity index (χ0) is 25.6. The Bertz CT molecular complexity index is 1110. The SMILES string of the molecule is C[C@@H](CCl)COc1ccc(C(C)(C)c2ccc(OC[C@@H](O)Cn3nnc(I)c3CO)cc2)cc1Cl. The number of benzene rings is 2. The molecule has 2 atom stereocenters. The molecule has 1 aromatic heterocycles. The van der Waals surface area contributed by atoms with E-state index in [4.69, 9.17) is 32.7 Å². The fourth-order valence-electron chi connectivity index (χ4n) is 3.47. The molecule has 0 bridgehead atoms. The Balaban J connectivity index is 1.61. The summed E-state index contributed by atoms with van der Waals surface area (Å²) in [6.45, 7) is 6.88. The van der Waals surface area contributed by atoms with E-state index in [2.05, 4.69) is 24.2 Å². The molecule has 35 heavy (non-hydrogen) atoms. The fourth-order valence-corrected chi connectivity index (χ4v) is 4.34. The van der Waals surface area contributed by atoms with Gasteiger partial charge in [-0.2, -0.15) is 0 Å². The molecule has 190 valence electrons. The van der Waals surface area contributed by atoms with E-state index >= 15 is 0 Å². The summed E-state index contributed by atoms with van der Waals surface area (Å²) in [7, 11) is 0. The largest absolute Gasteiger partial charge is 0.492 e. The van der Waals surface area contributed by atoms with Crippen LogP contribution in [0.5, 0.6) is 11.5 Å². The lowest BCUT2D eigenvalue weighted by atomic mass is 9.78. The predicted octanol–water partition coefficient (Wildman–Crippen LogP) is 5.05. The molecule has 0 saturated carbocycles. The number of aliphatic hydroxyl groups is 2. The molecule has 10 heteroatoms. The first kappa shape index (κ1) is 28.0. The van der Waals surface area contributed by atoms with Crippen molar-refractivity contribution < 1.29 is 19.7 Å². The number of hydrogen-bond acceptors (Lipinski definition) is 6. The Morgan fingerprint density at radius 3 is 2.40 bits per heavy atom.